The molecule has 0 fully saturated rings. The molecule has 4 heteroatoms. The third kappa shape index (κ3) is 6.93. The Bertz CT molecular complexity index is 780. The van der Waals surface area contributed by atoms with Crippen molar-refractivity contribution in [2.24, 2.45) is 0 Å². The Morgan fingerprint density at radius 2 is 1.38 bits per heavy atom. The molecule has 3 aromatic carbocycles. The zero-order valence-electron chi connectivity index (χ0n) is 14.9. The van der Waals surface area contributed by atoms with Crippen molar-refractivity contribution in [3.63, 3.8) is 0 Å². The van der Waals surface area contributed by atoms with E-state index < -0.39 is 5.97 Å². The molecule has 0 aliphatic heterocycles. The molecule has 3 nitrogen and oxygen atoms in total. The van der Waals surface area contributed by atoms with E-state index in [1.54, 1.807) is 6.07 Å². The summed E-state index contributed by atoms with van der Waals surface area (Å²) in [7, 11) is 0. The van der Waals surface area contributed by atoms with Crippen LogP contribution < -0.4 is 11.8 Å². The molecule has 0 spiro atoms. The van der Waals surface area contributed by atoms with Gasteiger partial charge in [-0.25, -0.2) is 4.79 Å². The van der Waals surface area contributed by atoms with E-state index in [9.17, 15) is 4.79 Å². The Kier molecular flexibility index (Phi) is 8.24. The quantitative estimate of drug-likeness (QED) is 0.601. The van der Waals surface area contributed by atoms with Crippen LogP contribution in [0.4, 0.5) is 0 Å². The fourth-order valence-electron chi connectivity index (χ4n) is 2.17. The van der Waals surface area contributed by atoms with Crippen LogP contribution in [0, 0.1) is 13.8 Å². The van der Waals surface area contributed by atoms with E-state index in [4.69, 9.17) is 9.84 Å². The first-order valence-corrected chi connectivity index (χ1v) is 10.8. The number of hydrogen-bond donors (Lipinski definition) is 1. The third-order valence-corrected chi connectivity index (χ3v) is 6.85. The first-order valence-electron chi connectivity index (χ1n) is 8.29. The first kappa shape index (κ1) is 20.1. The van der Waals surface area contributed by atoms with Crippen LogP contribution in [0.25, 0.3) is 0 Å². The van der Waals surface area contributed by atoms with Crippen LogP contribution in [0.2, 0.25) is 0 Å². The van der Waals surface area contributed by atoms with Gasteiger partial charge >= 0.3 is 95.3 Å². The van der Waals surface area contributed by atoms with Crippen LogP contribution in [0.3, 0.4) is 0 Å². The zero-order valence-corrected chi connectivity index (χ0v) is 17.5. The van der Waals surface area contributed by atoms with Crippen molar-refractivity contribution < 1.29 is 14.6 Å². The number of ether oxygens (including phenoxy) is 1. The standard InChI is InChI=1S/C10H12O3.2C6H5.Sb/c1-7-4-3-5-9(8(7)2)13-6-10(11)12;2*1-2-4-6-5-3-1;/h3-5H,6H2,1-2H3,(H,11,12);2*1-5H;. The van der Waals surface area contributed by atoms with Crippen LogP contribution >= 0.6 is 0 Å². The molecule has 0 unspecified atom stereocenters. The van der Waals surface area contributed by atoms with Crippen LogP contribution in [0.1, 0.15) is 11.1 Å². The number of benzene rings is 3. The van der Waals surface area contributed by atoms with E-state index in [1.807, 2.05) is 26.0 Å². The molecule has 133 valence electrons. The maximum absolute atomic E-state index is 10.2. The summed E-state index contributed by atoms with van der Waals surface area (Å²) in [6.45, 7) is 3.58. The molecule has 26 heavy (non-hydrogen) atoms. The summed E-state index contributed by atoms with van der Waals surface area (Å²) in [6, 6.07) is 27.1. The monoisotopic (exact) mass is 455 g/mol. The predicted molar refractivity (Wildman–Crippen MR) is 107 cm³/mol. The fraction of sp³-hybridized carbons (Fsp3) is 0.136. The van der Waals surface area contributed by atoms with Crippen LogP contribution in [0.5, 0.6) is 5.75 Å². The molecule has 0 atom stereocenters. The van der Waals surface area contributed by atoms with Gasteiger partial charge in [0, 0.05) is 0 Å². The Morgan fingerprint density at radius 3 is 1.88 bits per heavy atom. The Morgan fingerprint density at radius 1 is 0.846 bits per heavy atom. The molecular formula is C22H22O3Sb. The number of aliphatic carboxylic acids is 1. The third-order valence-electron chi connectivity index (χ3n) is 3.68. The second-order valence-electron chi connectivity index (χ2n) is 5.66. The topological polar surface area (TPSA) is 46.5 Å². The second-order valence-corrected chi connectivity index (χ2v) is 9.25. The van der Waals surface area contributed by atoms with E-state index in [0.717, 1.165) is 11.1 Å². The van der Waals surface area contributed by atoms with Crippen LogP contribution in [-0.4, -0.2) is 39.3 Å². The van der Waals surface area contributed by atoms with Gasteiger partial charge in [-0.05, 0) is 31.0 Å². The number of hydrogen-bond acceptors (Lipinski definition) is 2. The molecular weight excluding hydrogens is 434 g/mol. The molecule has 0 saturated carbocycles. The molecule has 3 rings (SSSR count). The van der Waals surface area contributed by atoms with E-state index in [1.165, 1.54) is 7.02 Å². The summed E-state index contributed by atoms with van der Waals surface area (Å²) in [6.07, 6.45) is 0. The summed E-state index contributed by atoms with van der Waals surface area (Å²) < 4.78 is 8.12. The minimum atomic E-state index is -0.957. The molecule has 0 aliphatic carbocycles. The van der Waals surface area contributed by atoms with Gasteiger partial charge in [-0.15, -0.1) is 0 Å². The molecule has 0 bridgehead atoms. The molecule has 0 aromatic heterocycles. The normalized spacial score (nSPS) is 9.77. The summed E-state index contributed by atoms with van der Waals surface area (Å²) >= 11 is -0.335. The minimum absolute atomic E-state index is 0.287. The number of aryl methyl sites for hydroxylation is 1. The van der Waals surface area contributed by atoms with Gasteiger partial charge < -0.3 is 9.84 Å². The van der Waals surface area contributed by atoms with Crippen LogP contribution in [0.15, 0.2) is 78.9 Å². The summed E-state index contributed by atoms with van der Waals surface area (Å²) in [4.78, 5) is 10.2. The van der Waals surface area contributed by atoms with Crippen molar-refractivity contribution in [3.05, 3.63) is 90.0 Å². The van der Waals surface area contributed by atoms with Crippen molar-refractivity contribution in [2.45, 2.75) is 13.8 Å². The molecule has 0 saturated heterocycles. The Hall–Kier alpha value is -2.25. The van der Waals surface area contributed by atoms with E-state index >= 15 is 0 Å². The SMILES string of the molecule is Cc1cccc(OCC(=O)O)c1C.c1cc[c]([Sb][c]2ccccc2)cc1. The molecule has 1 radical (unpaired) electrons. The average Bonchev–Trinajstić information content (AvgIpc) is 2.65. The first-order chi connectivity index (χ1) is 12.6. The van der Waals surface area contributed by atoms with E-state index in [0.29, 0.717) is 5.75 Å². The molecule has 3 aromatic rings. The van der Waals surface area contributed by atoms with Crippen LogP contribution in [-0.2, 0) is 4.79 Å². The number of carboxylic acid groups (broad SMARTS) is 1. The number of carboxylic acids is 1. The van der Waals surface area contributed by atoms with Crippen molar-refractivity contribution in [3.8, 4) is 5.75 Å². The van der Waals surface area contributed by atoms with Gasteiger partial charge in [0.1, 0.15) is 5.75 Å². The Balaban J connectivity index is 0.000000187. The summed E-state index contributed by atoms with van der Waals surface area (Å²) in [5.74, 6) is -0.316. The zero-order chi connectivity index (χ0) is 18.8. The predicted octanol–water partition coefficient (Wildman–Crippen LogP) is 3.11. The second kappa shape index (κ2) is 10.7. The van der Waals surface area contributed by atoms with E-state index in [-0.39, 0.29) is 28.2 Å². The van der Waals surface area contributed by atoms with Crippen molar-refractivity contribution >= 4 is 34.6 Å². The van der Waals surface area contributed by atoms with Crippen molar-refractivity contribution in [1.29, 1.82) is 0 Å². The Labute approximate surface area is 165 Å². The summed E-state index contributed by atoms with van der Waals surface area (Å²) in [5.41, 5.74) is 2.09. The van der Waals surface area contributed by atoms with Crippen molar-refractivity contribution in [2.75, 3.05) is 6.61 Å². The fourth-order valence-corrected chi connectivity index (χ4v) is 4.86. The maximum atomic E-state index is 10.2. The van der Waals surface area contributed by atoms with Gasteiger partial charge in [0.2, 0.25) is 0 Å². The van der Waals surface area contributed by atoms with Gasteiger partial charge in [-0.2, -0.15) is 0 Å². The molecule has 1 N–H and O–H groups in total. The van der Waals surface area contributed by atoms with Gasteiger partial charge in [0.15, 0.2) is 6.61 Å². The van der Waals surface area contributed by atoms with Crippen molar-refractivity contribution in [1.82, 2.24) is 0 Å². The van der Waals surface area contributed by atoms with Gasteiger partial charge in [0.25, 0.3) is 0 Å². The average molecular weight is 456 g/mol. The number of carbonyl (C=O) groups is 1. The van der Waals surface area contributed by atoms with Gasteiger partial charge in [-0.3, -0.25) is 0 Å². The molecule has 0 amide bonds. The number of rotatable bonds is 5. The van der Waals surface area contributed by atoms with E-state index in [2.05, 4.69) is 60.7 Å². The summed E-state index contributed by atoms with van der Waals surface area (Å²) in [5, 5.41) is 8.41. The van der Waals surface area contributed by atoms with Gasteiger partial charge in [-0.1, -0.05) is 12.1 Å². The van der Waals surface area contributed by atoms with Gasteiger partial charge in [0.05, 0.1) is 0 Å². The molecule has 0 heterocycles. The molecule has 0 aliphatic rings.